The molecule has 74 heavy (non-hydrogen) atoms. The smallest absolute Gasteiger partial charge is 0.409 e. The Kier molecular flexibility index (Phi) is 14.7. The van der Waals surface area contributed by atoms with E-state index in [4.69, 9.17) is 10.3 Å². The predicted molar refractivity (Wildman–Crippen MR) is 219 cm³/mol. The van der Waals surface area contributed by atoms with Crippen LogP contribution >= 0.6 is 0 Å². The van der Waals surface area contributed by atoms with E-state index < -0.39 is 150 Å². The van der Waals surface area contributed by atoms with Gasteiger partial charge in [-0.3, -0.25) is 0 Å². The Balaban J connectivity index is 0.000000237. The molecule has 0 N–H and O–H groups in total. The summed E-state index contributed by atoms with van der Waals surface area (Å²) >= 11 is 0. The molecule has 8 aromatic rings. The van der Waals surface area contributed by atoms with E-state index in [2.05, 4.69) is 10.0 Å². The number of hydrogen-bond acceptors (Lipinski definition) is 3. The summed E-state index contributed by atoms with van der Waals surface area (Å²) in [5, 5.41) is 4.58. The third kappa shape index (κ3) is 8.70. The molecule has 0 atom stereocenters. The number of aromatic nitrogens is 1. The first kappa shape index (κ1) is 53.2. The number of benzene rings is 7. The van der Waals surface area contributed by atoms with Crippen molar-refractivity contribution in [1.29, 1.82) is 0 Å². The van der Waals surface area contributed by atoms with Crippen LogP contribution in [-0.2, 0) is 6.54 Å². The predicted octanol–water partition coefficient (Wildman–Crippen LogP) is 11.2. The number of fused-ring (bicyclic) bond motifs is 1. The van der Waals surface area contributed by atoms with Gasteiger partial charge in [-0.05, 0) is 29.8 Å². The van der Waals surface area contributed by atoms with Gasteiger partial charge in [0, 0.05) is 33.7 Å². The Bertz CT molecular complexity index is 3290. The van der Waals surface area contributed by atoms with Crippen LogP contribution < -0.4 is 31.2 Å². The number of esters is 1. The zero-order chi connectivity index (χ0) is 54.4. The summed E-state index contributed by atoms with van der Waals surface area (Å²) < 4.78 is 301. The standard InChI is InChI=1S/C24BF20.C23H17N4O2/c26-5-1(6(27)14(35)21(42)13(5)34)25(2-7(28)15(36)22(43)16(37)8(2)29,3-9(30)17(38)23(44)18(39)10(3)31)4-11(32)19(40)24(45)20(41)12(4)33;24-26-25-19-10-6-11-20(15-19)29-23(28)22-14-13-18-9-4-5-12-21(18)27(22)16-17-7-2-1-3-8-17/h;1-15H,16H2/q-1;+1. The van der Waals surface area contributed by atoms with Crippen LogP contribution in [0, 0.1) is 116 Å². The Morgan fingerprint density at radius 3 is 1.20 bits per heavy atom. The first-order chi connectivity index (χ1) is 34.9. The number of para-hydroxylation sites is 1. The number of carbonyl (C=O) groups is 1. The van der Waals surface area contributed by atoms with Crippen molar-refractivity contribution < 1.29 is 102 Å². The molecule has 1 heterocycles. The lowest BCUT2D eigenvalue weighted by Crippen LogP contribution is -2.81. The first-order valence-corrected chi connectivity index (χ1v) is 20.0. The summed E-state index contributed by atoms with van der Waals surface area (Å²) in [6.07, 6.45) is -7.22. The van der Waals surface area contributed by atoms with E-state index in [0.717, 1.165) is 16.5 Å². The maximum Gasteiger partial charge on any atom is 0.409 e. The average molecular weight is 1060 g/mol. The van der Waals surface area contributed by atoms with Crippen LogP contribution in [-0.4, -0.2) is 12.1 Å². The fraction of sp³-hybridized carbons (Fsp3) is 0.0213. The van der Waals surface area contributed by atoms with Gasteiger partial charge >= 0.3 is 5.97 Å². The zero-order valence-electron chi connectivity index (χ0n) is 35.6. The largest absolute Gasteiger partial charge is 0.419 e. The van der Waals surface area contributed by atoms with Gasteiger partial charge in [-0.1, -0.05) is 59.7 Å². The lowest BCUT2D eigenvalue weighted by molar-refractivity contribution is -0.664. The van der Waals surface area contributed by atoms with Crippen molar-refractivity contribution in [2.24, 2.45) is 5.11 Å². The Labute approximate surface area is 398 Å². The molecule has 0 saturated heterocycles. The van der Waals surface area contributed by atoms with Gasteiger partial charge in [0.25, 0.3) is 5.69 Å². The van der Waals surface area contributed by atoms with Crippen molar-refractivity contribution in [2.75, 3.05) is 0 Å². The fourth-order valence-corrected chi connectivity index (χ4v) is 8.07. The van der Waals surface area contributed by atoms with Crippen molar-refractivity contribution in [3.63, 3.8) is 0 Å². The summed E-state index contributed by atoms with van der Waals surface area (Å²) in [4.78, 5) is 15.8. The molecule has 0 radical (unpaired) electrons. The Morgan fingerprint density at radius 1 is 0.446 bits per heavy atom. The molecule has 0 aliphatic heterocycles. The van der Waals surface area contributed by atoms with E-state index in [1.54, 1.807) is 24.3 Å². The number of ether oxygens (including phenoxy) is 1. The molecular weight excluding hydrogens is 1040 g/mol. The molecule has 0 spiro atoms. The fourth-order valence-electron chi connectivity index (χ4n) is 8.07. The molecule has 27 heteroatoms. The Morgan fingerprint density at radius 2 is 0.811 bits per heavy atom. The first-order valence-electron chi connectivity index (χ1n) is 20.0. The number of hydrogen-bond donors (Lipinski definition) is 0. The van der Waals surface area contributed by atoms with Gasteiger partial charge in [0.05, 0.1) is 0 Å². The quantitative estimate of drug-likeness (QED) is 0.0138. The molecule has 0 saturated carbocycles. The highest BCUT2D eigenvalue weighted by molar-refractivity contribution is 7.20. The van der Waals surface area contributed by atoms with E-state index in [1.807, 2.05) is 65.2 Å². The summed E-state index contributed by atoms with van der Waals surface area (Å²) in [7, 11) is 0. The molecule has 380 valence electrons. The van der Waals surface area contributed by atoms with Gasteiger partial charge in [0.1, 0.15) is 58.4 Å². The summed E-state index contributed by atoms with van der Waals surface area (Å²) in [5.74, 6) is -71.6. The summed E-state index contributed by atoms with van der Waals surface area (Å²) in [6.45, 7) is 0.533. The lowest BCUT2D eigenvalue weighted by Gasteiger charge is -2.44. The van der Waals surface area contributed by atoms with E-state index >= 15 is 35.1 Å². The van der Waals surface area contributed by atoms with E-state index in [0.29, 0.717) is 23.7 Å². The second-order valence-corrected chi connectivity index (χ2v) is 15.2. The van der Waals surface area contributed by atoms with Crippen molar-refractivity contribution in [1.82, 2.24) is 0 Å². The molecule has 7 aromatic carbocycles. The van der Waals surface area contributed by atoms with Crippen LogP contribution in [0.2, 0.25) is 0 Å². The molecule has 0 aliphatic rings. The van der Waals surface area contributed by atoms with E-state index in [-0.39, 0.29) is 0 Å². The molecule has 6 nitrogen and oxygen atoms in total. The van der Waals surface area contributed by atoms with Crippen molar-refractivity contribution in [3.05, 3.63) is 229 Å². The molecule has 1 aromatic heterocycles. The van der Waals surface area contributed by atoms with Crippen molar-refractivity contribution in [2.45, 2.75) is 6.54 Å². The van der Waals surface area contributed by atoms with Crippen molar-refractivity contribution in [3.8, 4) is 5.75 Å². The van der Waals surface area contributed by atoms with E-state index in [9.17, 15) is 57.5 Å². The summed E-state index contributed by atoms with van der Waals surface area (Å²) in [5.41, 5.74) is -2.90. The highest BCUT2D eigenvalue weighted by Gasteiger charge is 2.52. The van der Waals surface area contributed by atoms with Crippen LogP contribution in [0.15, 0.2) is 96.1 Å². The molecule has 0 amide bonds. The van der Waals surface area contributed by atoms with Crippen LogP contribution in [0.5, 0.6) is 5.75 Å². The molecule has 0 aliphatic carbocycles. The topological polar surface area (TPSA) is 78.9 Å². The van der Waals surface area contributed by atoms with Crippen LogP contribution in [0.1, 0.15) is 16.1 Å². The van der Waals surface area contributed by atoms with Crippen LogP contribution in [0.3, 0.4) is 0 Å². The average Bonchev–Trinajstić information content (AvgIpc) is 3.39. The molecular formula is C47H17BF20N4O2. The van der Waals surface area contributed by atoms with Gasteiger partial charge in [0.15, 0.2) is 76.4 Å². The Hall–Kier alpha value is -8.61. The minimum absolute atomic E-state index is 0.319. The van der Waals surface area contributed by atoms with E-state index in [1.165, 1.54) is 6.07 Å². The number of rotatable bonds is 9. The molecule has 0 bridgehead atoms. The minimum atomic E-state index is -7.22. The monoisotopic (exact) mass is 1060 g/mol. The minimum Gasteiger partial charge on any atom is -0.419 e. The molecule has 0 unspecified atom stereocenters. The SMILES string of the molecule is Fc1c(F)c(F)c([B-](c2c(F)c(F)c(F)c(F)c2F)(c2c(F)c(F)c(F)c(F)c2F)c2c(F)c(F)c(F)c(F)c2F)c(F)c1F.[N-]=[N+]=Nc1cccc(OC(=O)c2ccc3ccccc3[n+]2Cc2ccccc2)c1. The second-order valence-electron chi connectivity index (χ2n) is 15.2. The summed E-state index contributed by atoms with van der Waals surface area (Å²) in [6, 6.07) is 28.0. The highest BCUT2D eigenvalue weighted by atomic mass is 19.2. The third-order valence-corrected chi connectivity index (χ3v) is 11.2. The lowest BCUT2D eigenvalue weighted by atomic mass is 9.12. The van der Waals surface area contributed by atoms with Crippen LogP contribution in [0.4, 0.5) is 93.5 Å². The number of azide groups is 1. The number of halogens is 20. The zero-order valence-corrected chi connectivity index (χ0v) is 35.6. The van der Waals surface area contributed by atoms with Gasteiger partial charge in [-0.2, -0.15) is 4.57 Å². The number of pyridine rings is 1. The van der Waals surface area contributed by atoms with Crippen LogP contribution in [0.25, 0.3) is 21.3 Å². The molecule has 8 rings (SSSR count). The maximum atomic E-state index is 15.4. The number of nitrogens with zero attached hydrogens (tertiary/aromatic N) is 4. The maximum absolute atomic E-state index is 15.4. The third-order valence-electron chi connectivity index (χ3n) is 11.2. The highest BCUT2D eigenvalue weighted by Crippen LogP contribution is 2.31. The second kappa shape index (κ2) is 20.5. The normalized spacial score (nSPS) is 11.4. The number of carbonyl (C=O) groups excluding carboxylic acids is 1. The van der Waals surface area contributed by atoms with Gasteiger partial charge < -0.3 is 4.74 Å². The van der Waals surface area contributed by atoms with Crippen molar-refractivity contribution >= 4 is 50.6 Å². The molecule has 0 fully saturated rings. The van der Waals surface area contributed by atoms with Gasteiger partial charge in [0.2, 0.25) is 5.52 Å². The van der Waals surface area contributed by atoms with Gasteiger partial charge in [-0.25, -0.2) is 92.6 Å². The van der Waals surface area contributed by atoms with Gasteiger partial charge in [-0.15, -0.1) is 21.9 Å².